The fourth-order valence-electron chi connectivity index (χ4n) is 4.97. The minimum atomic E-state index is -0.314. The molecule has 0 spiro atoms. The van der Waals surface area contributed by atoms with Crippen LogP contribution in [0.15, 0.2) is 60.8 Å². The minimum Gasteiger partial charge on any atom is -0.393 e. The summed E-state index contributed by atoms with van der Waals surface area (Å²) in [6.45, 7) is 2.45. The first-order chi connectivity index (χ1) is 17.2. The second-order valence-electron chi connectivity index (χ2n) is 9.08. The number of morpholine rings is 1. The largest absolute Gasteiger partial charge is 0.393 e. The number of piperidine rings is 1. The number of aliphatic hydroxyl groups excluding tert-OH is 1. The molecule has 35 heavy (non-hydrogen) atoms. The van der Waals surface area contributed by atoms with E-state index in [1.807, 2.05) is 40.9 Å². The predicted octanol–water partition coefficient (Wildman–Crippen LogP) is 3.29. The number of imidazole rings is 1. The molecule has 180 valence electrons. The van der Waals surface area contributed by atoms with Gasteiger partial charge in [-0.2, -0.15) is 0 Å². The molecular weight excluding hydrogens is 447 g/mol. The zero-order valence-electron chi connectivity index (χ0n) is 19.2. The van der Waals surface area contributed by atoms with E-state index in [-0.39, 0.29) is 24.0 Å². The predicted molar refractivity (Wildman–Crippen MR) is 130 cm³/mol. The third-order valence-corrected chi connectivity index (χ3v) is 6.77. The van der Waals surface area contributed by atoms with Crippen molar-refractivity contribution < 1.29 is 14.2 Å². The Kier molecular flexibility index (Phi) is 5.89. The lowest BCUT2D eigenvalue weighted by atomic mass is 9.99. The van der Waals surface area contributed by atoms with Gasteiger partial charge in [-0.05, 0) is 61.3 Å². The van der Waals surface area contributed by atoms with Gasteiger partial charge in [0.1, 0.15) is 17.3 Å². The van der Waals surface area contributed by atoms with Crippen molar-refractivity contribution in [1.82, 2.24) is 24.9 Å². The smallest absolute Gasteiger partial charge is 0.154 e. The lowest BCUT2D eigenvalue weighted by Crippen LogP contribution is -2.40. The molecule has 3 atom stereocenters. The number of halogens is 1. The van der Waals surface area contributed by atoms with Crippen LogP contribution in [0.5, 0.6) is 0 Å². The van der Waals surface area contributed by atoms with Gasteiger partial charge in [0.25, 0.3) is 0 Å². The third-order valence-electron chi connectivity index (χ3n) is 6.77. The van der Waals surface area contributed by atoms with Gasteiger partial charge in [-0.15, -0.1) is 5.10 Å². The number of anilines is 1. The Morgan fingerprint density at radius 2 is 2.03 bits per heavy atom. The van der Waals surface area contributed by atoms with E-state index in [9.17, 15) is 9.50 Å². The maximum Gasteiger partial charge on any atom is 0.154 e. The first kappa shape index (κ1) is 22.1. The van der Waals surface area contributed by atoms with Crippen molar-refractivity contribution in [1.29, 1.82) is 0 Å². The highest BCUT2D eigenvalue weighted by atomic mass is 19.1. The molecule has 0 bridgehead atoms. The quantitative estimate of drug-likeness (QED) is 0.469. The molecule has 0 amide bonds. The van der Waals surface area contributed by atoms with Crippen LogP contribution in [0.3, 0.4) is 0 Å². The van der Waals surface area contributed by atoms with E-state index in [2.05, 4.69) is 15.2 Å². The lowest BCUT2D eigenvalue weighted by molar-refractivity contribution is 0.0935. The summed E-state index contributed by atoms with van der Waals surface area (Å²) in [5, 5.41) is 18.5. The minimum absolute atomic E-state index is 0.0155. The standard InChI is InChI=1S/C26H27FN6O2/c27-18-4-1-3-17(13-18)24-16-35-12-11-32(24)26-8-7-25-29-15-23(33(25)31-26)21-6-2-5-20(30-21)22-14-19(34)9-10-28-22/h1-8,13,15,19,22,24,28,34H,9-12,14,16H2. The Morgan fingerprint density at radius 3 is 2.91 bits per heavy atom. The summed E-state index contributed by atoms with van der Waals surface area (Å²) >= 11 is 0. The van der Waals surface area contributed by atoms with Crippen LogP contribution in [0, 0.1) is 5.82 Å². The highest BCUT2D eigenvalue weighted by Gasteiger charge is 2.27. The molecule has 2 aliphatic heterocycles. The molecule has 0 aliphatic carbocycles. The van der Waals surface area contributed by atoms with Crippen molar-refractivity contribution in [3.05, 3.63) is 77.9 Å². The zero-order valence-corrected chi connectivity index (χ0v) is 19.2. The highest BCUT2D eigenvalue weighted by molar-refractivity contribution is 5.61. The first-order valence-corrected chi connectivity index (χ1v) is 12.0. The van der Waals surface area contributed by atoms with Crippen molar-refractivity contribution in [2.24, 2.45) is 0 Å². The number of aromatic nitrogens is 4. The summed E-state index contributed by atoms with van der Waals surface area (Å²) in [5.41, 5.74) is 4.03. The summed E-state index contributed by atoms with van der Waals surface area (Å²) in [6.07, 6.45) is 2.87. The van der Waals surface area contributed by atoms with Gasteiger partial charge in [0.2, 0.25) is 0 Å². The number of nitrogens with zero attached hydrogens (tertiary/aromatic N) is 5. The normalized spacial score (nSPS) is 23.0. The van der Waals surface area contributed by atoms with Crippen molar-refractivity contribution >= 4 is 11.5 Å². The fourth-order valence-corrected chi connectivity index (χ4v) is 4.97. The molecule has 3 unspecified atom stereocenters. The van der Waals surface area contributed by atoms with Gasteiger partial charge in [-0.3, -0.25) is 0 Å². The lowest BCUT2D eigenvalue weighted by Gasteiger charge is -2.36. The van der Waals surface area contributed by atoms with Crippen molar-refractivity contribution in [3.8, 4) is 11.4 Å². The van der Waals surface area contributed by atoms with E-state index in [4.69, 9.17) is 14.8 Å². The van der Waals surface area contributed by atoms with Crippen LogP contribution in [0.1, 0.15) is 36.2 Å². The van der Waals surface area contributed by atoms with E-state index < -0.39 is 0 Å². The topological polar surface area (TPSA) is 87.8 Å². The van der Waals surface area contributed by atoms with Crippen LogP contribution >= 0.6 is 0 Å². The average molecular weight is 475 g/mol. The average Bonchev–Trinajstić information content (AvgIpc) is 3.32. The van der Waals surface area contributed by atoms with Gasteiger partial charge >= 0.3 is 0 Å². The first-order valence-electron chi connectivity index (χ1n) is 12.0. The number of fused-ring (bicyclic) bond motifs is 1. The zero-order chi connectivity index (χ0) is 23.8. The van der Waals surface area contributed by atoms with Gasteiger partial charge in [0, 0.05) is 6.54 Å². The number of pyridine rings is 1. The number of ether oxygens (including phenoxy) is 1. The molecule has 5 heterocycles. The number of nitrogens with one attached hydrogen (secondary N) is 1. The molecule has 0 saturated carbocycles. The second kappa shape index (κ2) is 9.33. The summed E-state index contributed by atoms with van der Waals surface area (Å²) in [4.78, 5) is 11.6. The van der Waals surface area contributed by atoms with Gasteiger partial charge in [-0.25, -0.2) is 18.9 Å². The third kappa shape index (κ3) is 4.38. The number of aliphatic hydroxyl groups is 1. The van der Waals surface area contributed by atoms with E-state index >= 15 is 0 Å². The van der Waals surface area contributed by atoms with Crippen LogP contribution in [-0.2, 0) is 4.74 Å². The molecule has 1 aromatic carbocycles. The number of hydrogen-bond donors (Lipinski definition) is 2. The Labute approximate surface area is 202 Å². The van der Waals surface area contributed by atoms with Gasteiger partial charge in [0.05, 0.1) is 49.0 Å². The molecule has 2 saturated heterocycles. The van der Waals surface area contributed by atoms with Crippen LogP contribution in [-0.4, -0.2) is 57.1 Å². The number of benzene rings is 1. The summed E-state index contributed by atoms with van der Waals surface area (Å²) in [6, 6.07) is 16.3. The molecule has 0 radical (unpaired) electrons. The van der Waals surface area contributed by atoms with E-state index in [1.54, 1.807) is 18.3 Å². The van der Waals surface area contributed by atoms with E-state index in [0.29, 0.717) is 26.2 Å². The Hall–Kier alpha value is -3.40. The van der Waals surface area contributed by atoms with Crippen LogP contribution < -0.4 is 10.2 Å². The van der Waals surface area contributed by atoms with Crippen molar-refractivity contribution in [3.63, 3.8) is 0 Å². The SMILES string of the molecule is OC1CCNC(c2cccc(-c3cnc4ccc(N5CCOCC5c5cccc(F)c5)nn34)n2)C1. The van der Waals surface area contributed by atoms with Crippen molar-refractivity contribution in [2.75, 3.05) is 31.2 Å². The summed E-state index contributed by atoms with van der Waals surface area (Å²) < 4.78 is 21.5. The Bertz CT molecular complexity index is 1340. The Balaban J connectivity index is 1.35. The molecule has 9 heteroatoms. The van der Waals surface area contributed by atoms with Crippen molar-refractivity contribution in [2.45, 2.75) is 31.0 Å². The Morgan fingerprint density at radius 1 is 1.11 bits per heavy atom. The second-order valence-corrected chi connectivity index (χ2v) is 9.08. The molecule has 6 rings (SSSR count). The molecular formula is C26H27FN6O2. The molecule has 2 fully saturated rings. The van der Waals surface area contributed by atoms with Gasteiger partial charge < -0.3 is 20.1 Å². The summed E-state index contributed by atoms with van der Waals surface area (Å²) in [5.74, 6) is 0.502. The van der Waals surface area contributed by atoms with Gasteiger partial charge in [-0.1, -0.05) is 18.2 Å². The highest BCUT2D eigenvalue weighted by Crippen LogP contribution is 2.30. The number of hydrogen-bond acceptors (Lipinski definition) is 7. The molecule has 2 N–H and O–H groups in total. The fraction of sp³-hybridized carbons (Fsp3) is 0.346. The molecule has 3 aromatic heterocycles. The monoisotopic (exact) mass is 474 g/mol. The van der Waals surface area contributed by atoms with Crippen LogP contribution in [0.25, 0.3) is 17.0 Å². The molecule has 8 nitrogen and oxygen atoms in total. The van der Waals surface area contributed by atoms with Gasteiger partial charge in [0.15, 0.2) is 5.65 Å². The van der Waals surface area contributed by atoms with E-state index in [0.717, 1.165) is 47.1 Å². The van der Waals surface area contributed by atoms with Crippen LogP contribution in [0.2, 0.25) is 0 Å². The number of rotatable bonds is 4. The molecule has 2 aliphatic rings. The maximum atomic E-state index is 13.9. The van der Waals surface area contributed by atoms with Crippen LogP contribution in [0.4, 0.5) is 10.2 Å². The maximum absolute atomic E-state index is 13.9. The summed E-state index contributed by atoms with van der Waals surface area (Å²) in [7, 11) is 0. The van der Waals surface area contributed by atoms with E-state index in [1.165, 1.54) is 6.07 Å². The molecule has 4 aromatic rings.